The number of allylic oxidation sites excluding steroid dienone is 2. The third kappa shape index (κ3) is 0.680. The monoisotopic (exact) mass is 176 g/mol. The van der Waals surface area contributed by atoms with Gasteiger partial charge in [0.05, 0.1) is 0 Å². The van der Waals surface area contributed by atoms with Crippen molar-refractivity contribution in [2.45, 2.75) is 26.2 Å². The van der Waals surface area contributed by atoms with E-state index in [1.807, 2.05) is 11.3 Å². The second kappa shape index (κ2) is 2.02. The van der Waals surface area contributed by atoms with Crippen LogP contribution in [0, 0.1) is 5.41 Å². The molecule has 0 aliphatic heterocycles. The van der Waals surface area contributed by atoms with Crippen molar-refractivity contribution in [3.05, 3.63) is 28.0 Å². The fraction of sp³-hybridized carbons (Fsp3) is 0.455. The van der Waals surface area contributed by atoms with E-state index in [2.05, 4.69) is 24.4 Å². The summed E-state index contributed by atoms with van der Waals surface area (Å²) in [4.78, 5) is 1.58. The fourth-order valence-electron chi connectivity index (χ4n) is 2.60. The maximum atomic E-state index is 2.45. The van der Waals surface area contributed by atoms with Gasteiger partial charge in [-0.25, -0.2) is 0 Å². The molecule has 2 aliphatic carbocycles. The first-order valence-corrected chi connectivity index (χ1v) is 5.45. The lowest BCUT2D eigenvalue weighted by Crippen LogP contribution is -2.10. The Kier molecular flexibility index (Phi) is 1.16. The van der Waals surface area contributed by atoms with E-state index in [9.17, 15) is 0 Å². The fourth-order valence-corrected chi connectivity index (χ4v) is 3.71. The van der Waals surface area contributed by atoms with Crippen LogP contribution < -0.4 is 0 Å². The number of hydrogen-bond acceptors (Lipinski definition) is 1. The first-order valence-electron chi connectivity index (χ1n) is 4.57. The number of rotatable bonds is 0. The molecular weight excluding hydrogens is 164 g/mol. The van der Waals surface area contributed by atoms with Crippen LogP contribution in [0.2, 0.25) is 0 Å². The summed E-state index contributed by atoms with van der Waals surface area (Å²) in [6.45, 7) is 2.42. The van der Waals surface area contributed by atoms with Gasteiger partial charge in [0, 0.05) is 4.88 Å². The minimum atomic E-state index is 0.516. The molecule has 1 aromatic heterocycles. The molecule has 1 heterocycles. The first-order chi connectivity index (χ1) is 5.80. The lowest BCUT2D eigenvalue weighted by atomic mass is 9.85. The van der Waals surface area contributed by atoms with E-state index in [1.54, 1.807) is 16.0 Å². The highest BCUT2D eigenvalue weighted by molar-refractivity contribution is 7.11. The molecule has 0 nitrogen and oxygen atoms in total. The zero-order chi connectivity index (χ0) is 8.18. The largest absolute Gasteiger partial charge is 0.144 e. The second-order valence-electron chi connectivity index (χ2n) is 4.17. The van der Waals surface area contributed by atoms with Crippen molar-refractivity contribution in [2.75, 3.05) is 0 Å². The molecule has 0 aromatic carbocycles. The lowest BCUT2D eigenvalue weighted by Gasteiger charge is -2.19. The molecule has 0 fully saturated rings. The minimum absolute atomic E-state index is 0.516. The van der Waals surface area contributed by atoms with Crippen molar-refractivity contribution in [1.29, 1.82) is 0 Å². The van der Waals surface area contributed by atoms with E-state index in [-0.39, 0.29) is 0 Å². The van der Waals surface area contributed by atoms with E-state index in [1.165, 1.54) is 19.3 Å². The van der Waals surface area contributed by atoms with E-state index >= 15 is 0 Å². The molecule has 1 unspecified atom stereocenters. The lowest BCUT2D eigenvalue weighted by molar-refractivity contribution is 0.448. The summed E-state index contributed by atoms with van der Waals surface area (Å²) in [5.41, 5.74) is 3.75. The molecule has 0 amide bonds. The second-order valence-corrected chi connectivity index (χ2v) is 5.08. The molecule has 0 radical (unpaired) electrons. The number of thiophene rings is 1. The van der Waals surface area contributed by atoms with Crippen LogP contribution in [0.3, 0.4) is 0 Å². The summed E-state index contributed by atoms with van der Waals surface area (Å²) in [6, 6.07) is 2.30. The summed E-state index contributed by atoms with van der Waals surface area (Å²) in [7, 11) is 0. The SMILES string of the molecule is CC12CCC=C1c1sccc1C2. The predicted octanol–water partition coefficient (Wildman–Crippen LogP) is 3.49. The molecule has 1 atom stereocenters. The van der Waals surface area contributed by atoms with E-state index in [0.717, 1.165) is 0 Å². The van der Waals surface area contributed by atoms with Crippen LogP contribution in [-0.2, 0) is 6.42 Å². The molecule has 1 heteroatoms. The van der Waals surface area contributed by atoms with Crippen LogP contribution >= 0.6 is 11.3 Å². The van der Waals surface area contributed by atoms with Gasteiger partial charge in [-0.3, -0.25) is 0 Å². The zero-order valence-electron chi connectivity index (χ0n) is 7.26. The van der Waals surface area contributed by atoms with Crippen molar-refractivity contribution in [3.8, 4) is 0 Å². The summed E-state index contributed by atoms with van der Waals surface area (Å²) < 4.78 is 0. The van der Waals surface area contributed by atoms with Crippen LogP contribution in [-0.4, -0.2) is 0 Å². The minimum Gasteiger partial charge on any atom is -0.144 e. The van der Waals surface area contributed by atoms with Crippen LogP contribution in [0.1, 0.15) is 30.2 Å². The summed E-state index contributed by atoms with van der Waals surface area (Å²) in [5.74, 6) is 0. The first kappa shape index (κ1) is 6.90. The molecule has 0 saturated carbocycles. The molecular formula is C11H12S. The Bertz CT molecular complexity index is 359. The maximum Gasteiger partial charge on any atom is 0.0337 e. The topological polar surface area (TPSA) is 0 Å². The molecule has 2 aliphatic rings. The Morgan fingerprint density at radius 2 is 2.42 bits per heavy atom. The van der Waals surface area contributed by atoms with Gasteiger partial charge in [-0.1, -0.05) is 13.0 Å². The molecule has 62 valence electrons. The van der Waals surface area contributed by atoms with Crippen molar-refractivity contribution >= 4 is 16.9 Å². The summed E-state index contributed by atoms with van der Waals surface area (Å²) in [5, 5.41) is 2.23. The van der Waals surface area contributed by atoms with Gasteiger partial charge in [-0.2, -0.15) is 0 Å². The van der Waals surface area contributed by atoms with Crippen LogP contribution in [0.15, 0.2) is 17.5 Å². The quantitative estimate of drug-likeness (QED) is 0.567. The van der Waals surface area contributed by atoms with Crippen LogP contribution in [0.25, 0.3) is 5.57 Å². The molecule has 3 rings (SSSR count). The highest BCUT2D eigenvalue weighted by Crippen LogP contribution is 2.54. The Balaban J connectivity index is 2.23. The van der Waals surface area contributed by atoms with Gasteiger partial charge >= 0.3 is 0 Å². The van der Waals surface area contributed by atoms with E-state index < -0.39 is 0 Å². The molecule has 0 bridgehead atoms. The van der Waals surface area contributed by atoms with Gasteiger partial charge in [-0.15, -0.1) is 11.3 Å². The maximum absolute atomic E-state index is 2.45. The summed E-state index contributed by atoms with van der Waals surface area (Å²) in [6.07, 6.45) is 6.40. The molecule has 0 N–H and O–H groups in total. The molecule has 0 saturated heterocycles. The van der Waals surface area contributed by atoms with E-state index in [0.29, 0.717) is 5.41 Å². The standard InChI is InChI=1S/C11H12S/c1-11-5-2-3-9(11)10-8(7-11)4-6-12-10/h3-4,6H,2,5,7H2,1H3. The van der Waals surface area contributed by atoms with Crippen molar-refractivity contribution in [2.24, 2.45) is 5.41 Å². The normalized spacial score (nSPS) is 31.6. The van der Waals surface area contributed by atoms with Gasteiger partial charge in [0.1, 0.15) is 0 Å². The number of fused-ring (bicyclic) bond motifs is 3. The smallest absolute Gasteiger partial charge is 0.0337 e. The zero-order valence-corrected chi connectivity index (χ0v) is 8.08. The van der Waals surface area contributed by atoms with Crippen molar-refractivity contribution in [1.82, 2.24) is 0 Å². The Labute approximate surface area is 76.9 Å². The Morgan fingerprint density at radius 1 is 1.50 bits per heavy atom. The Hall–Kier alpha value is -0.560. The average molecular weight is 176 g/mol. The van der Waals surface area contributed by atoms with Gasteiger partial charge in [0.15, 0.2) is 0 Å². The highest BCUT2D eigenvalue weighted by atomic mass is 32.1. The molecule has 12 heavy (non-hydrogen) atoms. The van der Waals surface area contributed by atoms with Crippen LogP contribution in [0.4, 0.5) is 0 Å². The van der Waals surface area contributed by atoms with E-state index in [4.69, 9.17) is 0 Å². The Morgan fingerprint density at radius 3 is 3.33 bits per heavy atom. The third-order valence-electron chi connectivity index (χ3n) is 3.27. The molecule has 0 spiro atoms. The highest BCUT2D eigenvalue weighted by Gasteiger charge is 2.40. The predicted molar refractivity (Wildman–Crippen MR) is 53.3 cm³/mol. The number of hydrogen-bond donors (Lipinski definition) is 0. The van der Waals surface area contributed by atoms with Gasteiger partial charge < -0.3 is 0 Å². The van der Waals surface area contributed by atoms with Gasteiger partial charge in [0.25, 0.3) is 0 Å². The van der Waals surface area contributed by atoms with Crippen molar-refractivity contribution in [3.63, 3.8) is 0 Å². The van der Waals surface area contributed by atoms with Gasteiger partial charge in [-0.05, 0) is 47.3 Å². The molecule has 1 aromatic rings. The van der Waals surface area contributed by atoms with Crippen LogP contribution in [0.5, 0.6) is 0 Å². The average Bonchev–Trinajstić information content (AvgIpc) is 2.57. The van der Waals surface area contributed by atoms with Crippen molar-refractivity contribution < 1.29 is 0 Å². The summed E-state index contributed by atoms with van der Waals surface area (Å²) >= 11 is 1.92. The van der Waals surface area contributed by atoms with Gasteiger partial charge in [0.2, 0.25) is 0 Å². The third-order valence-corrected chi connectivity index (χ3v) is 4.26.